The molecule has 35 heteroatoms. The molecular weight excluding hydrogens is 1390 g/mol. The van der Waals surface area contributed by atoms with Gasteiger partial charge in [0.1, 0.15) is 116 Å². The third-order valence-electron chi connectivity index (χ3n) is 19.3. The average molecular weight is 1500 g/mol. The SMILES string of the molecule is CCCCCCCCCCCCCCCCCC(=O)N[C@@H](CO[C@@H]1O[C@H](CO)[C@@H](O[C@@H]2O[C@H](CO)[C@H](O[C@@H]3O[C@H](CO)[C@H](O)[C@H](O[C@@H]4O[C@H](CO)[C@H](O)[C@H](O)[C@H]4O)[C@H]3NC(C)=O)[C@H](O[C@]3(C(=O)O)C[C@H](O)C(NC(C)=O)C([C@H](O)[C@H](O)CO)O3)[C@H]2O)[C@H](O)[C@H]1O)[C@H](O)/C=C/c1csc2ccccc12. The molecule has 7 rings (SSSR count). The number of carbonyl (C=O) groups is 4. The molecule has 5 fully saturated rings. The molecule has 2 unspecified atom stereocenters. The number of ether oxygens (including phenoxy) is 10. The summed E-state index contributed by atoms with van der Waals surface area (Å²) in [5, 5.41) is 199. The standard InChI is InChI=1S/C68H109N3O31S/c1-4-5-6-7-8-9-10-11-12-13-14-15-16-17-18-23-47(82)71-38(39(79)25-24-36-33-103-46-22-20-19-21-37(36)46)32-93-64-56(89)54(87)58(44(30-75)96-64)98-66-57(90)62(102-68(67(91)92)26-40(80)48(69-34(2)77)61(101-68)50(83)41(81)27-72)59(45(31-76)97-66)99-63-49(70-35(3)78)60(52(85)43(29-74)94-63)100-65-55(88)53(86)51(84)42(28-73)95-65/h19-22,24-25,33,38-45,48-66,72-76,79-81,83-90H,4-18,23,26-32H2,1-3H3,(H,69,77)(H,70,78)(H,71,82)(H,91,92)/b25-24+/t38-,39+,40-,41+,42+,43+,44+,45+,48?,49+,50+,51-,52-,53-,54+,55+,56+,57+,58+,59-,60+,61?,62+,63-,64+,65-,66-,68-/m0/s1. The van der Waals surface area contributed by atoms with Crippen LogP contribution < -0.4 is 16.0 Å². The van der Waals surface area contributed by atoms with Gasteiger partial charge in [0.25, 0.3) is 5.79 Å². The number of rotatable bonds is 41. The zero-order chi connectivity index (χ0) is 75.2. The first-order valence-electron chi connectivity index (χ1n) is 35.6. The Balaban J connectivity index is 1.13. The lowest BCUT2D eigenvalue weighted by Gasteiger charge is -2.52. The van der Waals surface area contributed by atoms with E-state index in [-0.39, 0.29) is 6.42 Å². The van der Waals surface area contributed by atoms with Gasteiger partial charge in [-0.3, -0.25) is 14.4 Å². The van der Waals surface area contributed by atoms with Crippen LogP contribution >= 0.6 is 11.3 Å². The predicted molar refractivity (Wildman–Crippen MR) is 359 cm³/mol. The number of hydrogen-bond acceptors (Lipinski definition) is 31. The van der Waals surface area contributed by atoms with Gasteiger partial charge < -0.3 is 150 Å². The zero-order valence-corrected chi connectivity index (χ0v) is 58.9. The quantitative estimate of drug-likeness (QED) is 0.0289. The van der Waals surface area contributed by atoms with Crippen LogP contribution in [0.3, 0.4) is 0 Å². The summed E-state index contributed by atoms with van der Waals surface area (Å²) in [5.74, 6) is -7.77. The molecule has 103 heavy (non-hydrogen) atoms. The van der Waals surface area contributed by atoms with Crippen LogP contribution in [0.4, 0.5) is 0 Å². The average Bonchev–Trinajstić information content (AvgIpc) is 1.17. The van der Waals surface area contributed by atoms with Crippen LogP contribution in [0.15, 0.2) is 35.7 Å². The Morgan fingerprint density at radius 1 is 0.592 bits per heavy atom. The number of nitrogens with one attached hydrogen (secondary N) is 3. The second kappa shape index (κ2) is 41.9. The number of fused-ring (bicyclic) bond motifs is 1. The van der Waals surface area contributed by atoms with Crippen LogP contribution in [0.2, 0.25) is 0 Å². The second-order valence-electron chi connectivity index (χ2n) is 27.1. The number of hydrogen-bond donors (Lipinski definition) is 20. The molecule has 34 nitrogen and oxygen atoms in total. The highest BCUT2D eigenvalue weighted by Crippen LogP contribution is 2.41. The number of amides is 3. The van der Waals surface area contributed by atoms with Gasteiger partial charge in [0, 0.05) is 31.4 Å². The third kappa shape index (κ3) is 22.9. The minimum absolute atomic E-state index is 0.103. The van der Waals surface area contributed by atoms with Crippen LogP contribution in [0.25, 0.3) is 16.2 Å². The molecule has 3 amide bonds. The van der Waals surface area contributed by atoms with Crippen molar-refractivity contribution in [2.75, 3.05) is 39.6 Å². The van der Waals surface area contributed by atoms with Crippen molar-refractivity contribution in [1.82, 2.24) is 16.0 Å². The van der Waals surface area contributed by atoms with E-state index in [1.807, 2.05) is 29.6 Å². The van der Waals surface area contributed by atoms with Gasteiger partial charge in [-0.05, 0) is 28.8 Å². The number of benzene rings is 1. The molecule has 0 bridgehead atoms. The van der Waals surface area contributed by atoms with E-state index >= 15 is 0 Å². The number of carboxylic acid groups (broad SMARTS) is 1. The number of aliphatic hydroxyl groups excluding tert-OH is 16. The molecule has 6 heterocycles. The normalized spacial score (nSPS) is 35.5. The van der Waals surface area contributed by atoms with E-state index in [1.165, 1.54) is 75.2 Å². The lowest BCUT2D eigenvalue weighted by Crippen LogP contribution is -2.72. The summed E-state index contributed by atoms with van der Waals surface area (Å²) >= 11 is 1.48. The van der Waals surface area contributed by atoms with Crippen molar-refractivity contribution in [3.05, 3.63) is 41.3 Å². The molecule has 20 N–H and O–H groups in total. The van der Waals surface area contributed by atoms with E-state index in [0.29, 0.717) is 6.42 Å². The van der Waals surface area contributed by atoms with Crippen molar-refractivity contribution < 1.29 is 153 Å². The largest absolute Gasteiger partial charge is 0.477 e. The van der Waals surface area contributed by atoms with Crippen molar-refractivity contribution in [3.8, 4) is 0 Å². The first kappa shape index (κ1) is 86.0. The number of aliphatic carboxylic acids is 1. The molecule has 5 aliphatic heterocycles. The van der Waals surface area contributed by atoms with Gasteiger partial charge in [0.05, 0.1) is 63.9 Å². The monoisotopic (exact) mass is 1500 g/mol. The van der Waals surface area contributed by atoms with Gasteiger partial charge in [-0.1, -0.05) is 127 Å². The smallest absolute Gasteiger partial charge is 0.364 e. The highest BCUT2D eigenvalue weighted by atomic mass is 32.1. The maximum Gasteiger partial charge on any atom is 0.364 e. The molecule has 0 spiro atoms. The highest BCUT2D eigenvalue weighted by Gasteiger charge is 2.62. The van der Waals surface area contributed by atoms with E-state index in [2.05, 4.69) is 22.9 Å². The Kier molecular flexibility index (Phi) is 35.0. The van der Waals surface area contributed by atoms with E-state index in [4.69, 9.17) is 47.4 Å². The molecule has 0 saturated carbocycles. The van der Waals surface area contributed by atoms with Gasteiger partial charge in [0.2, 0.25) is 17.7 Å². The number of carboxylic acids is 1. The molecule has 5 aliphatic rings. The minimum Gasteiger partial charge on any atom is -0.477 e. The highest BCUT2D eigenvalue weighted by molar-refractivity contribution is 7.17. The van der Waals surface area contributed by atoms with Gasteiger partial charge in [0.15, 0.2) is 25.2 Å². The van der Waals surface area contributed by atoms with Gasteiger partial charge >= 0.3 is 5.97 Å². The zero-order valence-electron chi connectivity index (χ0n) is 58.1. The molecule has 1 aromatic heterocycles. The van der Waals surface area contributed by atoms with Crippen molar-refractivity contribution in [3.63, 3.8) is 0 Å². The lowest BCUT2D eigenvalue weighted by atomic mass is 9.88. The van der Waals surface area contributed by atoms with Crippen molar-refractivity contribution in [2.45, 2.75) is 301 Å². The second-order valence-corrected chi connectivity index (χ2v) is 28.0. The van der Waals surface area contributed by atoms with E-state index in [1.54, 1.807) is 6.08 Å². The molecule has 1 aromatic carbocycles. The maximum absolute atomic E-state index is 13.8. The number of carbonyl (C=O) groups excluding carboxylic acids is 3. The lowest BCUT2D eigenvalue weighted by molar-refractivity contribution is -0.403. The summed E-state index contributed by atoms with van der Waals surface area (Å²) in [6, 6.07) is 2.71. The van der Waals surface area contributed by atoms with E-state index in [0.717, 1.165) is 61.6 Å². The Bertz CT molecular complexity index is 2900. The molecule has 0 aliphatic carbocycles. The number of aliphatic hydroxyl groups is 16. The van der Waals surface area contributed by atoms with Crippen LogP contribution in [0, 0.1) is 0 Å². The summed E-state index contributed by atoms with van der Waals surface area (Å²) < 4.78 is 60.9. The Labute approximate surface area is 600 Å². The summed E-state index contributed by atoms with van der Waals surface area (Å²) in [7, 11) is 0. The number of thiophene rings is 1. The van der Waals surface area contributed by atoms with E-state index in [9.17, 15) is 106 Å². The fourth-order valence-corrected chi connectivity index (χ4v) is 14.4. The third-order valence-corrected chi connectivity index (χ3v) is 20.2. The Morgan fingerprint density at radius 3 is 1.70 bits per heavy atom. The first-order valence-corrected chi connectivity index (χ1v) is 36.4. The summed E-state index contributed by atoms with van der Waals surface area (Å²) in [4.78, 5) is 53.0. The van der Waals surface area contributed by atoms with Crippen molar-refractivity contribution >= 4 is 51.2 Å². The number of unbranched alkanes of at least 4 members (excludes halogenated alkanes) is 14. The molecular formula is C68H109N3O31S. The molecule has 5 saturated heterocycles. The first-order chi connectivity index (χ1) is 49.3. The van der Waals surface area contributed by atoms with Crippen LogP contribution in [-0.4, -0.2) is 321 Å². The van der Waals surface area contributed by atoms with E-state index < -0.39 is 241 Å². The van der Waals surface area contributed by atoms with Gasteiger partial charge in [-0.2, -0.15) is 0 Å². The summed E-state index contributed by atoms with van der Waals surface area (Å²) in [6.45, 7) is -1.99. The van der Waals surface area contributed by atoms with Crippen LogP contribution in [0.1, 0.15) is 135 Å². The minimum atomic E-state index is -3.39. The molecule has 0 radical (unpaired) electrons. The maximum atomic E-state index is 13.8. The van der Waals surface area contributed by atoms with Crippen molar-refractivity contribution in [2.24, 2.45) is 0 Å². The summed E-state index contributed by atoms with van der Waals surface area (Å²) in [6.07, 6.45) is -30.8. The van der Waals surface area contributed by atoms with Crippen molar-refractivity contribution in [1.29, 1.82) is 0 Å². The fourth-order valence-electron chi connectivity index (χ4n) is 13.5. The molecule has 28 atom stereocenters. The Morgan fingerprint density at radius 2 is 1.11 bits per heavy atom. The topological polar surface area (TPSA) is 541 Å². The fraction of sp³-hybridized carbons (Fsp3) is 0.794. The van der Waals surface area contributed by atoms with Gasteiger partial charge in [-0.15, -0.1) is 11.3 Å². The van der Waals surface area contributed by atoms with Crippen LogP contribution in [0.5, 0.6) is 0 Å². The van der Waals surface area contributed by atoms with Gasteiger partial charge in [-0.25, -0.2) is 4.79 Å². The Hall–Kier alpha value is -4.24. The van der Waals surface area contributed by atoms with Crippen LogP contribution in [-0.2, 0) is 66.5 Å². The predicted octanol–water partition coefficient (Wildman–Crippen LogP) is -3.37. The molecule has 2 aromatic rings. The summed E-state index contributed by atoms with van der Waals surface area (Å²) in [5.41, 5.74) is 0.776. The molecule has 588 valence electrons.